The lowest BCUT2D eigenvalue weighted by Crippen LogP contribution is -2.31. The molecule has 0 saturated heterocycles. The Kier molecular flexibility index (Phi) is 17.6. The van der Waals surface area contributed by atoms with Crippen molar-refractivity contribution in [3.8, 4) is 0 Å². The van der Waals surface area contributed by atoms with Crippen LogP contribution < -0.4 is 0 Å². The molecule has 0 saturated carbocycles. The maximum Gasteiger partial charge on any atom is 0.297 e. The van der Waals surface area contributed by atoms with Crippen LogP contribution in [0, 0.1) is 6.92 Å². The number of aliphatic hydroxyl groups is 2. The number of unbranched alkanes of at least 4 members (excludes halogenated alkanes) is 13. The maximum absolute atomic E-state index is 12.8. The Morgan fingerprint density at radius 1 is 0.735 bits per heavy atom. The van der Waals surface area contributed by atoms with Crippen LogP contribution in [0.2, 0.25) is 0 Å². The Labute approximate surface area is 209 Å². The van der Waals surface area contributed by atoms with Crippen LogP contribution in [0.5, 0.6) is 0 Å². The molecule has 5 nitrogen and oxygen atoms in total. The van der Waals surface area contributed by atoms with Gasteiger partial charge < -0.3 is 10.2 Å². The largest absolute Gasteiger partial charge is 0.396 e. The molecule has 34 heavy (non-hydrogen) atoms. The van der Waals surface area contributed by atoms with Crippen LogP contribution in [0.1, 0.15) is 122 Å². The van der Waals surface area contributed by atoms with Gasteiger partial charge in [0.2, 0.25) is 0 Å². The standard InChI is InChI=1S/C28H50O5S/c1-3-4-5-6-7-8-9-13-16-19-28(27(30)18-15-12-10-11-14-17-24-29)33-34(31,32)26-22-20-25(2)21-23-26/h20-23,27-30H,3-19,24H2,1-2H3/t27-,28-/m0/s1. The minimum Gasteiger partial charge on any atom is -0.396 e. The average molecular weight is 499 g/mol. The molecule has 1 aromatic carbocycles. The zero-order valence-corrected chi connectivity index (χ0v) is 22.5. The summed E-state index contributed by atoms with van der Waals surface area (Å²) in [4.78, 5) is 0.145. The average Bonchev–Trinajstić information content (AvgIpc) is 2.81. The Bertz CT molecular complexity index is 702. The van der Waals surface area contributed by atoms with Crippen LogP contribution in [-0.4, -0.2) is 37.4 Å². The number of benzene rings is 1. The number of rotatable bonds is 22. The predicted molar refractivity (Wildman–Crippen MR) is 140 cm³/mol. The van der Waals surface area contributed by atoms with Gasteiger partial charge >= 0.3 is 0 Å². The monoisotopic (exact) mass is 498 g/mol. The van der Waals surface area contributed by atoms with E-state index in [2.05, 4.69) is 6.92 Å². The first-order valence-corrected chi connectivity index (χ1v) is 15.1. The van der Waals surface area contributed by atoms with Crippen molar-refractivity contribution in [2.75, 3.05) is 6.61 Å². The van der Waals surface area contributed by atoms with Gasteiger partial charge in [-0.2, -0.15) is 8.42 Å². The highest BCUT2D eigenvalue weighted by molar-refractivity contribution is 7.86. The summed E-state index contributed by atoms with van der Waals surface area (Å²) < 4.78 is 31.3. The normalized spacial score (nSPS) is 13.8. The lowest BCUT2D eigenvalue weighted by Gasteiger charge is -2.23. The first-order chi connectivity index (χ1) is 16.4. The van der Waals surface area contributed by atoms with E-state index in [4.69, 9.17) is 9.29 Å². The van der Waals surface area contributed by atoms with E-state index in [1.54, 1.807) is 24.3 Å². The second kappa shape index (κ2) is 19.3. The number of aliphatic hydroxyl groups excluding tert-OH is 2. The summed E-state index contributed by atoms with van der Waals surface area (Å²) in [5.74, 6) is 0. The fourth-order valence-electron chi connectivity index (χ4n) is 4.24. The van der Waals surface area contributed by atoms with E-state index in [-0.39, 0.29) is 11.5 Å². The third-order valence-corrected chi connectivity index (χ3v) is 7.84. The second-order valence-electron chi connectivity index (χ2n) is 9.72. The van der Waals surface area contributed by atoms with Gasteiger partial charge in [0.1, 0.15) is 6.10 Å². The summed E-state index contributed by atoms with van der Waals surface area (Å²) >= 11 is 0. The second-order valence-corrected chi connectivity index (χ2v) is 11.3. The molecule has 198 valence electrons. The van der Waals surface area contributed by atoms with Crippen molar-refractivity contribution in [3.05, 3.63) is 29.8 Å². The molecule has 0 radical (unpaired) electrons. The molecule has 0 bridgehead atoms. The van der Waals surface area contributed by atoms with E-state index in [1.807, 2.05) is 6.92 Å². The van der Waals surface area contributed by atoms with Crippen molar-refractivity contribution in [3.63, 3.8) is 0 Å². The highest BCUT2D eigenvalue weighted by Gasteiger charge is 2.27. The van der Waals surface area contributed by atoms with Crippen LogP contribution in [0.25, 0.3) is 0 Å². The van der Waals surface area contributed by atoms with Crippen molar-refractivity contribution in [1.82, 2.24) is 0 Å². The summed E-state index contributed by atoms with van der Waals surface area (Å²) in [7, 11) is -3.91. The Hall–Kier alpha value is -0.950. The molecule has 0 spiro atoms. The number of hydrogen-bond acceptors (Lipinski definition) is 5. The summed E-state index contributed by atoms with van der Waals surface area (Å²) in [5, 5.41) is 19.7. The Balaban J connectivity index is 2.52. The zero-order chi connectivity index (χ0) is 25.1. The summed E-state index contributed by atoms with van der Waals surface area (Å²) in [5.41, 5.74) is 0.990. The minimum absolute atomic E-state index is 0.145. The van der Waals surface area contributed by atoms with Gasteiger partial charge in [-0.1, -0.05) is 115 Å². The Morgan fingerprint density at radius 2 is 1.21 bits per heavy atom. The van der Waals surface area contributed by atoms with Crippen molar-refractivity contribution < 1.29 is 22.8 Å². The first kappa shape index (κ1) is 31.1. The Morgan fingerprint density at radius 3 is 1.74 bits per heavy atom. The molecule has 1 rings (SSSR count). The van der Waals surface area contributed by atoms with Crippen molar-refractivity contribution in [2.45, 2.75) is 140 Å². The highest BCUT2D eigenvalue weighted by Crippen LogP contribution is 2.23. The SMILES string of the molecule is CCCCCCCCCCC[C@H](OS(=O)(=O)c1ccc(C)cc1)[C@@H](O)CCCCCCCCO. The molecule has 0 aliphatic carbocycles. The van der Waals surface area contributed by atoms with Crippen LogP contribution in [-0.2, 0) is 14.3 Å². The molecule has 0 aliphatic rings. The van der Waals surface area contributed by atoms with Gasteiger partial charge in [0.15, 0.2) is 0 Å². The van der Waals surface area contributed by atoms with E-state index in [1.165, 1.54) is 38.5 Å². The lowest BCUT2D eigenvalue weighted by molar-refractivity contribution is 0.0268. The van der Waals surface area contributed by atoms with E-state index in [0.29, 0.717) is 12.8 Å². The van der Waals surface area contributed by atoms with Gasteiger partial charge in [0.05, 0.1) is 11.0 Å². The number of hydrogen-bond donors (Lipinski definition) is 2. The molecule has 0 fully saturated rings. The minimum atomic E-state index is -3.91. The zero-order valence-electron chi connectivity index (χ0n) is 21.7. The molecule has 2 atom stereocenters. The van der Waals surface area contributed by atoms with Crippen LogP contribution >= 0.6 is 0 Å². The predicted octanol–water partition coefficient (Wildman–Crippen LogP) is 7.07. The molecule has 0 aromatic heterocycles. The molecular formula is C28H50O5S. The van der Waals surface area contributed by atoms with Crippen LogP contribution in [0.3, 0.4) is 0 Å². The molecule has 2 N–H and O–H groups in total. The van der Waals surface area contributed by atoms with E-state index in [9.17, 15) is 13.5 Å². The summed E-state index contributed by atoms with van der Waals surface area (Å²) in [6, 6.07) is 6.66. The maximum atomic E-state index is 12.8. The topological polar surface area (TPSA) is 83.8 Å². The molecule has 0 unspecified atom stereocenters. The van der Waals surface area contributed by atoms with Gasteiger partial charge in [0.25, 0.3) is 10.1 Å². The van der Waals surface area contributed by atoms with Crippen LogP contribution in [0.15, 0.2) is 29.2 Å². The van der Waals surface area contributed by atoms with Crippen molar-refractivity contribution in [2.24, 2.45) is 0 Å². The highest BCUT2D eigenvalue weighted by atomic mass is 32.2. The summed E-state index contributed by atoms with van der Waals surface area (Å²) in [6.07, 6.45) is 16.2. The molecular weight excluding hydrogens is 448 g/mol. The lowest BCUT2D eigenvalue weighted by atomic mass is 9.99. The number of aryl methyl sites for hydroxylation is 1. The van der Waals surface area contributed by atoms with Gasteiger partial charge in [-0.25, -0.2) is 0 Å². The van der Waals surface area contributed by atoms with Gasteiger partial charge in [-0.15, -0.1) is 0 Å². The molecule has 0 heterocycles. The molecule has 0 aliphatic heterocycles. The third kappa shape index (κ3) is 14.4. The van der Waals surface area contributed by atoms with E-state index >= 15 is 0 Å². The third-order valence-electron chi connectivity index (χ3n) is 6.49. The van der Waals surface area contributed by atoms with E-state index in [0.717, 1.165) is 63.4 Å². The van der Waals surface area contributed by atoms with Gasteiger partial charge in [-0.05, 0) is 38.3 Å². The van der Waals surface area contributed by atoms with Crippen molar-refractivity contribution in [1.29, 1.82) is 0 Å². The summed E-state index contributed by atoms with van der Waals surface area (Å²) in [6.45, 7) is 4.38. The molecule has 6 heteroatoms. The van der Waals surface area contributed by atoms with Crippen LogP contribution in [0.4, 0.5) is 0 Å². The van der Waals surface area contributed by atoms with E-state index < -0.39 is 22.3 Å². The smallest absolute Gasteiger partial charge is 0.297 e. The van der Waals surface area contributed by atoms with Crippen molar-refractivity contribution >= 4 is 10.1 Å². The molecule has 1 aromatic rings. The van der Waals surface area contributed by atoms with Gasteiger partial charge in [-0.3, -0.25) is 4.18 Å². The quantitative estimate of drug-likeness (QED) is 0.132. The fourth-order valence-corrected chi connectivity index (χ4v) is 5.37. The first-order valence-electron chi connectivity index (χ1n) is 13.7. The molecule has 0 amide bonds. The fraction of sp³-hybridized carbons (Fsp3) is 0.786. The van der Waals surface area contributed by atoms with Gasteiger partial charge in [0, 0.05) is 6.61 Å².